The molecule has 0 amide bonds. The highest BCUT2D eigenvalue weighted by Gasteiger charge is 2.50. The molecule has 1 aromatic heterocycles. The fourth-order valence-corrected chi connectivity index (χ4v) is 4.05. The first-order valence-corrected chi connectivity index (χ1v) is 11.3. The summed E-state index contributed by atoms with van der Waals surface area (Å²) >= 11 is 0. The van der Waals surface area contributed by atoms with Crippen molar-refractivity contribution in [2.75, 3.05) is 6.61 Å². The average Bonchev–Trinajstić information content (AvgIpc) is 2.89. The summed E-state index contributed by atoms with van der Waals surface area (Å²) < 4.78 is 16.9. The predicted octanol–water partition coefficient (Wildman–Crippen LogP) is -1.54. The van der Waals surface area contributed by atoms with Crippen molar-refractivity contribution in [3.63, 3.8) is 0 Å². The molecule has 1 aliphatic heterocycles. The zero-order valence-corrected chi connectivity index (χ0v) is 19.4. The van der Waals surface area contributed by atoms with Crippen LogP contribution in [0.1, 0.15) is 0 Å². The summed E-state index contributed by atoms with van der Waals surface area (Å²) in [5.41, 5.74) is 0.0800. The smallest absolute Gasteiger partial charge is 0.402 e. The lowest BCUT2D eigenvalue weighted by atomic mass is 9.91. The van der Waals surface area contributed by atoms with Gasteiger partial charge in [0.15, 0.2) is 11.5 Å². The minimum Gasteiger partial charge on any atom is -0.507 e. The van der Waals surface area contributed by atoms with Gasteiger partial charge in [-0.15, -0.1) is 0 Å². The number of rotatable bonds is 7. The molecule has 1 aliphatic rings. The van der Waals surface area contributed by atoms with Crippen molar-refractivity contribution in [3.8, 4) is 40.1 Å². The highest BCUT2D eigenvalue weighted by molar-refractivity contribution is 5.88. The molecule has 11 N–H and O–H groups in total. The Morgan fingerprint density at radius 3 is 2.21 bits per heavy atom. The first-order valence-electron chi connectivity index (χ1n) is 11.3. The van der Waals surface area contributed by atoms with Gasteiger partial charge in [0, 0.05) is 18.2 Å². The SMILES string of the molecule is OC[C@@H](O)[C@@H](O)[C@@H](O)[C@H]1OC(Oc2cc3c(O)cc(O)cc3[o+]c2-c2ccc(O)c(O)c2)[C@H](O)[C@@H](O)[C@@H]1O. The van der Waals surface area contributed by atoms with Crippen molar-refractivity contribution in [3.05, 3.63) is 36.4 Å². The molecule has 2 heterocycles. The molecule has 8 atom stereocenters. The second-order valence-electron chi connectivity index (χ2n) is 8.81. The zero-order valence-electron chi connectivity index (χ0n) is 19.4. The van der Waals surface area contributed by atoms with Crippen LogP contribution < -0.4 is 4.74 Å². The van der Waals surface area contributed by atoms with Gasteiger partial charge in [0.1, 0.15) is 59.6 Å². The minimum absolute atomic E-state index is 0.0218. The lowest BCUT2D eigenvalue weighted by Crippen LogP contribution is -2.64. The van der Waals surface area contributed by atoms with E-state index >= 15 is 0 Å². The van der Waals surface area contributed by atoms with Gasteiger partial charge in [-0.1, -0.05) is 0 Å². The summed E-state index contributed by atoms with van der Waals surface area (Å²) in [6.45, 7) is -0.938. The molecule has 0 radical (unpaired) electrons. The summed E-state index contributed by atoms with van der Waals surface area (Å²) in [4.78, 5) is 0. The highest BCUT2D eigenvalue weighted by Crippen LogP contribution is 2.42. The molecule has 0 bridgehead atoms. The van der Waals surface area contributed by atoms with Crippen molar-refractivity contribution >= 4 is 11.0 Å². The van der Waals surface area contributed by atoms with E-state index in [1.807, 2.05) is 0 Å². The van der Waals surface area contributed by atoms with Crippen molar-refractivity contribution < 1.29 is 70.1 Å². The van der Waals surface area contributed by atoms with Gasteiger partial charge in [-0.05, 0) is 12.1 Å². The number of ether oxygens (including phenoxy) is 2. The lowest BCUT2D eigenvalue weighted by Gasteiger charge is -2.42. The molecule has 3 aromatic rings. The third-order valence-electron chi connectivity index (χ3n) is 6.17. The molecule has 2 aromatic carbocycles. The van der Waals surface area contributed by atoms with Crippen molar-refractivity contribution in [1.29, 1.82) is 0 Å². The van der Waals surface area contributed by atoms with Gasteiger partial charge in [-0.2, -0.15) is 0 Å². The molecule has 1 unspecified atom stereocenters. The van der Waals surface area contributed by atoms with E-state index in [1.165, 1.54) is 18.2 Å². The van der Waals surface area contributed by atoms with E-state index in [9.17, 15) is 51.1 Å². The topological polar surface area (TPSA) is 252 Å². The van der Waals surface area contributed by atoms with Crippen LogP contribution in [-0.4, -0.2) is 112 Å². The monoisotopic (exact) mass is 539 g/mol. The Hall–Kier alpha value is -3.47. The molecule has 14 heteroatoms. The fraction of sp³-hybridized carbons (Fsp3) is 0.375. The molecule has 0 spiro atoms. The van der Waals surface area contributed by atoms with Crippen LogP contribution in [0.25, 0.3) is 22.3 Å². The average molecular weight is 539 g/mol. The summed E-state index contributed by atoms with van der Waals surface area (Å²) in [6, 6.07) is 6.97. The maximum Gasteiger partial charge on any atom is 0.402 e. The van der Waals surface area contributed by atoms with Gasteiger partial charge in [0.25, 0.3) is 0 Å². The zero-order chi connectivity index (χ0) is 27.9. The Bertz CT molecular complexity index is 1300. The molecule has 4 rings (SSSR count). The third kappa shape index (κ3) is 5.11. The fourth-order valence-electron chi connectivity index (χ4n) is 4.05. The van der Waals surface area contributed by atoms with E-state index in [4.69, 9.17) is 19.0 Å². The van der Waals surface area contributed by atoms with Crippen LogP contribution in [-0.2, 0) is 4.74 Å². The summed E-state index contributed by atoms with van der Waals surface area (Å²) in [7, 11) is 0. The normalized spacial score (nSPS) is 26.1. The van der Waals surface area contributed by atoms with E-state index < -0.39 is 72.9 Å². The second-order valence-corrected chi connectivity index (χ2v) is 8.81. The second kappa shape index (κ2) is 10.7. The van der Waals surface area contributed by atoms with E-state index in [1.54, 1.807) is 0 Å². The molecule has 38 heavy (non-hydrogen) atoms. The van der Waals surface area contributed by atoms with E-state index in [2.05, 4.69) is 0 Å². The van der Waals surface area contributed by atoms with Crippen LogP contribution in [0.5, 0.6) is 28.7 Å². The Labute approximate surface area is 213 Å². The summed E-state index contributed by atoms with van der Waals surface area (Å²) in [5, 5.41) is 110. The highest BCUT2D eigenvalue weighted by atomic mass is 16.7. The number of fused-ring (bicyclic) bond motifs is 1. The first-order chi connectivity index (χ1) is 17.9. The number of phenolic OH excluding ortho intramolecular Hbond substituents is 4. The number of aromatic hydroxyl groups is 4. The van der Waals surface area contributed by atoms with Crippen LogP contribution in [0.2, 0.25) is 0 Å². The molecular weight excluding hydrogens is 512 g/mol. The maximum absolute atomic E-state index is 10.5. The largest absolute Gasteiger partial charge is 0.507 e. The van der Waals surface area contributed by atoms with Crippen LogP contribution in [0.4, 0.5) is 0 Å². The van der Waals surface area contributed by atoms with Crippen molar-refractivity contribution in [2.24, 2.45) is 0 Å². The van der Waals surface area contributed by atoms with E-state index in [0.29, 0.717) is 0 Å². The lowest BCUT2D eigenvalue weighted by molar-refractivity contribution is -0.297. The van der Waals surface area contributed by atoms with Gasteiger partial charge in [-0.25, -0.2) is 4.42 Å². The Balaban J connectivity index is 1.77. The van der Waals surface area contributed by atoms with E-state index in [0.717, 1.165) is 18.2 Å². The predicted molar refractivity (Wildman–Crippen MR) is 125 cm³/mol. The van der Waals surface area contributed by atoms with Crippen molar-refractivity contribution in [1.82, 2.24) is 0 Å². The number of hydrogen-bond donors (Lipinski definition) is 11. The third-order valence-corrected chi connectivity index (χ3v) is 6.17. The standard InChI is InChI=1S/C24H26O14/c25-7-14(30)17(31)19(33)23-20(34)18(32)21(35)24(38-23)37-16-6-10-12(28)4-9(26)5-15(10)36-22(16)8-1-2-11(27)13(29)3-8/h1-6,14,17-21,23-25,30-35H,7H2,(H3-,26,27,28,29)/p+1/t14-,17-,18+,19-,20+,21-,23-,24?/m1/s1. The van der Waals surface area contributed by atoms with Crippen LogP contribution >= 0.6 is 0 Å². The van der Waals surface area contributed by atoms with Crippen LogP contribution in [0, 0.1) is 0 Å². The van der Waals surface area contributed by atoms with Crippen LogP contribution in [0.15, 0.2) is 40.8 Å². The number of hydrogen-bond acceptors (Lipinski definition) is 13. The van der Waals surface area contributed by atoms with E-state index in [-0.39, 0.29) is 33.8 Å². The molecule has 1 fully saturated rings. The molecule has 0 saturated carbocycles. The molecule has 206 valence electrons. The Morgan fingerprint density at radius 1 is 0.842 bits per heavy atom. The molecule has 0 aliphatic carbocycles. The van der Waals surface area contributed by atoms with Gasteiger partial charge in [0.2, 0.25) is 12.0 Å². The Morgan fingerprint density at radius 2 is 1.55 bits per heavy atom. The summed E-state index contributed by atoms with van der Waals surface area (Å²) in [6.07, 6.45) is -15.4. The molecular formula is C24H27O14+. The van der Waals surface area contributed by atoms with Gasteiger partial charge in [0.05, 0.1) is 18.2 Å². The van der Waals surface area contributed by atoms with Gasteiger partial charge in [-0.3, -0.25) is 0 Å². The molecule has 14 nitrogen and oxygen atoms in total. The van der Waals surface area contributed by atoms with Crippen LogP contribution in [0.3, 0.4) is 0 Å². The van der Waals surface area contributed by atoms with Gasteiger partial charge >= 0.3 is 11.3 Å². The quantitative estimate of drug-likeness (QED) is 0.120. The number of phenols is 4. The minimum atomic E-state index is -2.05. The molecule has 1 saturated heterocycles. The number of aliphatic hydroxyl groups is 7. The maximum atomic E-state index is 10.5. The number of benzene rings is 2. The van der Waals surface area contributed by atoms with Crippen molar-refractivity contribution in [2.45, 2.75) is 49.0 Å². The summed E-state index contributed by atoms with van der Waals surface area (Å²) in [5.74, 6) is -2.17. The Kier molecular flexibility index (Phi) is 7.78. The first kappa shape index (κ1) is 27.6. The van der Waals surface area contributed by atoms with Gasteiger partial charge < -0.3 is 65.6 Å². The number of aliphatic hydroxyl groups excluding tert-OH is 7.